The number of hydrogen-bond acceptors (Lipinski definition) is 4. The van der Waals surface area contributed by atoms with E-state index in [-0.39, 0.29) is 0 Å². The van der Waals surface area contributed by atoms with E-state index in [0.29, 0.717) is 0 Å². The predicted molar refractivity (Wildman–Crippen MR) is 168 cm³/mol. The quantitative estimate of drug-likeness (QED) is 0.222. The molecule has 2 aromatic heterocycles. The van der Waals surface area contributed by atoms with Crippen molar-refractivity contribution in [1.82, 2.24) is 9.97 Å². The lowest BCUT2D eigenvalue weighted by Gasteiger charge is -2.14. The highest BCUT2D eigenvalue weighted by atomic mass is 14.8. The molecule has 40 heavy (non-hydrogen) atoms. The van der Waals surface area contributed by atoms with Crippen molar-refractivity contribution < 1.29 is 0 Å². The van der Waals surface area contributed by atoms with Crippen molar-refractivity contribution >= 4 is 11.4 Å². The second kappa shape index (κ2) is 11.3. The Morgan fingerprint density at radius 3 is 1.12 bits per heavy atom. The summed E-state index contributed by atoms with van der Waals surface area (Å²) in [6.45, 7) is 0. The number of benzene rings is 4. The Hall–Kier alpha value is -5.22. The first-order valence-electron chi connectivity index (χ1n) is 13.4. The molecule has 0 saturated carbocycles. The highest BCUT2D eigenvalue weighted by molar-refractivity contribution is 5.81. The zero-order valence-electron chi connectivity index (χ0n) is 22.6. The largest absolute Gasteiger partial charge is 0.388 e. The maximum atomic E-state index is 5.15. The molecule has 4 heteroatoms. The van der Waals surface area contributed by atoms with E-state index < -0.39 is 0 Å². The van der Waals surface area contributed by atoms with E-state index in [1.807, 2.05) is 50.5 Å². The van der Waals surface area contributed by atoms with Crippen molar-refractivity contribution in [1.29, 1.82) is 0 Å². The molecule has 0 atom stereocenters. The number of hydrogen-bond donors (Lipinski definition) is 2. The van der Waals surface area contributed by atoms with Gasteiger partial charge in [0.05, 0.1) is 22.8 Å². The van der Waals surface area contributed by atoms with Gasteiger partial charge in [-0.2, -0.15) is 0 Å². The molecule has 0 bridgehead atoms. The summed E-state index contributed by atoms with van der Waals surface area (Å²) in [4.78, 5) is 10.3. The zero-order valence-corrected chi connectivity index (χ0v) is 22.6. The zero-order chi connectivity index (χ0) is 27.3. The van der Waals surface area contributed by atoms with Gasteiger partial charge in [-0.05, 0) is 70.8 Å². The Morgan fingerprint density at radius 1 is 0.350 bits per heavy atom. The molecule has 2 heterocycles. The van der Waals surface area contributed by atoms with Gasteiger partial charge in [-0.25, -0.2) is 9.97 Å². The van der Waals surface area contributed by atoms with E-state index in [1.165, 1.54) is 0 Å². The van der Waals surface area contributed by atoms with Crippen LogP contribution in [0.5, 0.6) is 0 Å². The van der Waals surface area contributed by atoms with Gasteiger partial charge in [0.25, 0.3) is 0 Å². The van der Waals surface area contributed by atoms with Crippen LogP contribution in [0.4, 0.5) is 11.4 Å². The van der Waals surface area contributed by atoms with Gasteiger partial charge in [0.2, 0.25) is 0 Å². The fraction of sp³-hybridized carbons (Fsp3) is 0.0556. The van der Waals surface area contributed by atoms with Gasteiger partial charge in [0.1, 0.15) is 0 Å². The Labute approximate surface area is 235 Å². The second-order valence-electron chi connectivity index (χ2n) is 9.65. The van der Waals surface area contributed by atoms with Crippen LogP contribution in [0, 0.1) is 0 Å². The van der Waals surface area contributed by atoms with Gasteiger partial charge < -0.3 is 10.6 Å². The van der Waals surface area contributed by atoms with Crippen molar-refractivity contribution in [2.24, 2.45) is 0 Å². The third kappa shape index (κ3) is 5.33. The van der Waals surface area contributed by atoms with Crippen LogP contribution >= 0.6 is 0 Å². The normalized spacial score (nSPS) is 10.8. The Bertz CT molecular complexity index is 1630. The molecule has 6 rings (SSSR count). The lowest BCUT2D eigenvalue weighted by molar-refractivity contribution is 1.25. The third-order valence-electron chi connectivity index (χ3n) is 7.02. The molecule has 6 aromatic rings. The SMILES string of the molecule is CNc1cccc(-c2cc(-c3ccccc3)nc(-c3cc(-c4cccc(NC)c4)cc(-c4ccccc4)n3)c2)c1. The molecule has 0 aliphatic rings. The van der Waals surface area contributed by atoms with Crippen LogP contribution in [-0.4, -0.2) is 24.1 Å². The number of rotatable bonds is 7. The number of aromatic nitrogens is 2. The van der Waals surface area contributed by atoms with Gasteiger partial charge in [-0.15, -0.1) is 0 Å². The summed E-state index contributed by atoms with van der Waals surface area (Å²) in [6, 6.07) is 46.1. The average Bonchev–Trinajstić information content (AvgIpc) is 3.05. The number of pyridine rings is 2. The van der Waals surface area contributed by atoms with Crippen LogP contribution in [0.3, 0.4) is 0 Å². The van der Waals surface area contributed by atoms with Crippen LogP contribution in [0.2, 0.25) is 0 Å². The highest BCUT2D eigenvalue weighted by Gasteiger charge is 2.14. The molecule has 194 valence electrons. The monoisotopic (exact) mass is 518 g/mol. The molecule has 0 radical (unpaired) electrons. The molecule has 4 nitrogen and oxygen atoms in total. The van der Waals surface area contributed by atoms with E-state index in [0.717, 1.165) is 67.5 Å². The minimum Gasteiger partial charge on any atom is -0.388 e. The first-order valence-corrected chi connectivity index (χ1v) is 13.4. The van der Waals surface area contributed by atoms with Crippen LogP contribution in [-0.2, 0) is 0 Å². The van der Waals surface area contributed by atoms with Crippen LogP contribution < -0.4 is 10.6 Å². The minimum atomic E-state index is 0.829. The van der Waals surface area contributed by atoms with Crippen LogP contribution in [0.25, 0.3) is 56.2 Å². The standard InChI is InChI=1S/C36H30N4/c1-37-31-17-9-15-27(19-31)29-21-33(25-11-5-3-6-12-25)39-35(23-29)36-24-30(28-16-10-18-32(20-28)38-2)22-34(40-36)26-13-7-4-8-14-26/h3-24,37-38H,1-2H3. The Kier molecular flexibility index (Phi) is 7.06. The van der Waals surface area contributed by atoms with Gasteiger partial charge in [-0.1, -0.05) is 84.9 Å². The summed E-state index contributed by atoms with van der Waals surface area (Å²) in [5.41, 5.74) is 12.2. The van der Waals surface area contributed by atoms with Crippen LogP contribution in [0.1, 0.15) is 0 Å². The molecule has 0 saturated heterocycles. The topological polar surface area (TPSA) is 49.8 Å². The van der Waals surface area contributed by atoms with E-state index in [1.54, 1.807) is 0 Å². The molecule has 0 amide bonds. The van der Waals surface area contributed by atoms with Gasteiger partial charge >= 0.3 is 0 Å². The maximum absolute atomic E-state index is 5.15. The Balaban J connectivity index is 1.58. The van der Waals surface area contributed by atoms with Gasteiger partial charge in [-0.3, -0.25) is 0 Å². The number of anilines is 2. The van der Waals surface area contributed by atoms with Crippen molar-refractivity contribution in [2.45, 2.75) is 0 Å². The van der Waals surface area contributed by atoms with E-state index in [4.69, 9.17) is 9.97 Å². The minimum absolute atomic E-state index is 0.829. The van der Waals surface area contributed by atoms with Crippen molar-refractivity contribution in [3.8, 4) is 56.2 Å². The van der Waals surface area contributed by atoms with Crippen molar-refractivity contribution in [3.05, 3.63) is 133 Å². The fourth-order valence-electron chi connectivity index (χ4n) is 4.88. The number of nitrogens with zero attached hydrogens (tertiary/aromatic N) is 2. The molecular formula is C36H30N4. The molecule has 2 N–H and O–H groups in total. The third-order valence-corrected chi connectivity index (χ3v) is 7.02. The average molecular weight is 519 g/mol. The molecule has 0 unspecified atom stereocenters. The van der Waals surface area contributed by atoms with E-state index >= 15 is 0 Å². The molecule has 0 fully saturated rings. The summed E-state index contributed by atoms with van der Waals surface area (Å²) < 4.78 is 0. The Morgan fingerprint density at radius 2 is 0.725 bits per heavy atom. The van der Waals surface area contributed by atoms with E-state index in [9.17, 15) is 0 Å². The highest BCUT2D eigenvalue weighted by Crippen LogP contribution is 2.34. The summed E-state index contributed by atoms with van der Waals surface area (Å²) in [7, 11) is 3.88. The van der Waals surface area contributed by atoms with Crippen molar-refractivity contribution in [2.75, 3.05) is 24.7 Å². The lowest BCUT2D eigenvalue weighted by atomic mass is 9.98. The predicted octanol–water partition coefficient (Wildman–Crippen LogP) is 8.90. The molecule has 4 aromatic carbocycles. The second-order valence-corrected chi connectivity index (χ2v) is 9.65. The van der Waals surface area contributed by atoms with Gasteiger partial charge in [0, 0.05) is 36.6 Å². The van der Waals surface area contributed by atoms with Gasteiger partial charge in [0.15, 0.2) is 0 Å². The first-order chi connectivity index (χ1) is 19.7. The molecule has 0 aliphatic carbocycles. The summed E-state index contributed by atoms with van der Waals surface area (Å²) in [5, 5.41) is 6.51. The summed E-state index contributed by atoms with van der Waals surface area (Å²) in [5.74, 6) is 0. The summed E-state index contributed by atoms with van der Waals surface area (Å²) >= 11 is 0. The smallest absolute Gasteiger partial charge is 0.0900 e. The van der Waals surface area contributed by atoms with Crippen molar-refractivity contribution in [3.63, 3.8) is 0 Å². The first kappa shape index (κ1) is 25.1. The van der Waals surface area contributed by atoms with Crippen LogP contribution in [0.15, 0.2) is 133 Å². The lowest BCUT2D eigenvalue weighted by Crippen LogP contribution is -1.96. The fourth-order valence-corrected chi connectivity index (χ4v) is 4.88. The number of nitrogens with one attached hydrogen (secondary N) is 2. The molecule has 0 aliphatic heterocycles. The summed E-state index contributed by atoms with van der Waals surface area (Å²) in [6.07, 6.45) is 0. The molecular weight excluding hydrogens is 488 g/mol. The maximum Gasteiger partial charge on any atom is 0.0900 e. The van der Waals surface area contributed by atoms with E-state index in [2.05, 4.69) is 108 Å². The molecule has 0 spiro atoms.